The number of carboxylic acids is 1. The quantitative estimate of drug-likeness (QED) is 0.804. The third kappa shape index (κ3) is 1.89. The molecule has 0 atom stereocenters. The summed E-state index contributed by atoms with van der Waals surface area (Å²) in [6, 6.07) is 0. The predicted molar refractivity (Wildman–Crippen MR) is 58.6 cm³/mol. The van der Waals surface area contributed by atoms with E-state index in [1.807, 2.05) is 0 Å². The molecule has 0 amide bonds. The van der Waals surface area contributed by atoms with Crippen LogP contribution < -0.4 is 5.56 Å². The van der Waals surface area contributed by atoms with E-state index in [2.05, 4.69) is 5.10 Å². The van der Waals surface area contributed by atoms with Gasteiger partial charge >= 0.3 is 5.97 Å². The zero-order valence-corrected chi connectivity index (χ0v) is 9.32. The molecule has 0 aliphatic heterocycles. The fourth-order valence-electron chi connectivity index (χ4n) is 2.49. The number of H-pyrrole nitrogens is 1. The number of hydrogen-bond acceptors (Lipinski definition) is 2. The van der Waals surface area contributed by atoms with Crippen molar-refractivity contribution in [2.75, 3.05) is 0 Å². The third-order valence-corrected chi connectivity index (χ3v) is 3.27. The summed E-state index contributed by atoms with van der Waals surface area (Å²) in [5, 5.41) is 11.8. The highest BCUT2D eigenvalue weighted by Gasteiger charge is 2.25. The SMILES string of the molecule is Cn1[nH]c(C2CCCC2)c(CC(=O)O)c1=O. The predicted octanol–water partition coefficient (Wildman–Crippen LogP) is 0.998. The van der Waals surface area contributed by atoms with Gasteiger partial charge in [0.25, 0.3) is 5.56 Å². The van der Waals surface area contributed by atoms with Crippen LogP contribution in [0.2, 0.25) is 0 Å². The highest BCUT2D eigenvalue weighted by molar-refractivity contribution is 5.70. The van der Waals surface area contributed by atoms with E-state index in [9.17, 15) is 9.59 Å². The van der Waals surface area contributed by atoms with Crippen molar-refractivity contribution in [1.82, 2.24) is 9.78 Å². The summed E-state index contributed by atoms with van der Waals surface area (Å²) in [6.07, 6.45) is 4.24. The molecule has 88 valence electrons. The molecule has 5 nitrogen and oxygen atoms in total. The van der Waals surface area contributed by atoms with Crippen LogP contribution in [0.3, 0.4) is 0 Å². The maximum Gasteiger partial charge on any atom is 0.308 e. The number of aromatic amines is 1. The third-order valence-electron chi connectivity index (χ3n) is 3.27. The summed E-state index contributed by atoms with van der Waals surface area (Å²) in [4.78, 5) is 22.5. The molecule has 1 saturated carbocycles. The fraction of sp³-hybridized carbons (Fsp3) is 0.636. The topological polar surface area (TPSA) is 75.1 Å². The highest BCUT2D eigenvalue weighted by atomic mass is 16.4. The second kappa shape index (κ2) is 4.15. The van der Waals surface area contributed by atoms with Crippen molar-refractivity contribution < 1.29 is 9.90 Å². The standard InChI is InChI=1S/C11H16N2O3/c1-13-11(16)8(6-9(14)15)10(12-13)7-4-2-3-5-7/h7,12H,2-6H2,1H3,(H,14,15). The Bertz CT molecular complexity index is 452. The number of rotatable bonds is 3. The average Bonchev–Trinajstić information content (AvgIpc) is 2.81. The minimum absolute atomic E-state index is 0.179. The summed E-state index contributed by atoms with van der Waals surface area (Å²) < 4.78 is 1.38. The molecule has 16 heavy (non-hydrogen) atoms. The number of nitrogens with zero attached hydrogens (tertiary/aromatic N) is 1. The zero-order chi connectivity index (χ0) is 11.7. The van der Waals surface area contributed by atoms with E-state index in [1.165, 1.54) is 4.68 Å². The summed E-state index contributed by atoms with van der Waals surface area (Å²) in [5.74, 6) is -0.612. The van der Waals surface area contributed by atoms with Gasteiger partial charge in [-0.2, -0.15) is 0 Å². The van der Waals surface area contributed by atoms with E-state index in [1.54, 1.807) is 7.05 Å². The maximum absolute atomic E-state index is 11.8. The van der Waals surface area contributed by atoms with Gasteiger partial charge in [-0.3, -0.25) is 19.4 Å². The average molecular weight is 224 g/mol. The van der Waals surface area contributed by atoms with Crippen LogP contribution in [0.25, 0.3) is 0 Å². The Labute approximate surface area is 93.1 Å². The Morgan fingerprint density at radius 3 is 2.69 bits per heavy atom. The van der Waals surface area contributed by atoms with E-state index < -0.39 is 5.97 Å². The first kappa shape index (κ1) is 11.0. The van der Waals surface area contributed by atoms with Gasteiger partial charge in [-0.25, -0.2) is 0 Å². The fourth-order valence-corrected chi connectivity index (χ4v) is 2.49. The second-order valence-electron chi connectivity index (χ2n) is 4.42. The Morgan fingerprint density at radius 2 is 2.12 bits per heavy atom. The van der Waals surface area contributed by atoms with Crippen LogP contribution >= 0.6 is 0 Å². The van der Waals surface area contributed by atoms with Gasteiger partial charge in [-0.15, -0.1) is 0 Å². The maximum atomic E-state index is 11.8. The van der Waals surface area contributed by atoms with Crippen LogP contribution in [-0.2, 0) is 18.3 Å². The molecule has 0 bridgehead atoms. The van der Waals surface area contributed by atoms with Gasteiger partial charge in [-0.05, 0) is 12.8 Å². The first-order valence-corrected chi connectivity index (χ1v) is 5.59. The Morgan fingerprint density at radius 1 is 1.50 bits per heavy atom. The minimum Gasteiger partial charge on any atom is -0.481 e. The first-order chi connectivity index (χ1) is 7.59. The van der Waals surface area contributed by atoms with E-state index in [0.29, 0.717) is 11.5 Å². The summed E-state index contributed by atoms with van der Waals surface area (Å²) >= 11 is 0. The summed E-state index contributed by atoms with van der Waals surface area (Å²) in [5.41, 5.74) is 1.07. The number of carbonyl (C=O) groups is 1. The lowest BCUT2D eigenvalue weighted by atomic mass is 9.99. The summed E-state index contributed by atoms with van der Waals surface area (Å²) in [7, 11) is 1.63. The smallest absolute Gasteiger partial charge is 0.308 e. The molecule has 1 fully saturated rings. The van der Waals surface area contributed by atoms with Gasteiger partial charge in [-0.1, -0.05) is 12.8 Å². The van der Waals surface area contributed by atoms with E-state index >= 15 is 0 Å². The summed E-state index contributed by atoms with van der Waals surface area (Å²) in [6.45, 7) is 0. The molecule has 0 saturated heterocycles. The number of hydrogen-bond donors (Lipinski definition) is 2. The first-order valence-electron chi connectivity index (χ1n) is 5.59. The molecule has 2 N–H and O–H groups in total. The van der Waals surface area contributed by atoms with Crippen molar-refractivity contribution >= 4 is 5.97 Å². The number of aliphatic carboxylic acids is 1. The van der Waals surface area contributed by atoms with Gasteiger partial charge in [0.05, 0.1) is 12.0 Å². The number of nitrogens with one attached hydrogen (secondary N) is 1. The van der Waals surface area contributed by atoms with Gasteiger partial charge in [0.1, 0.15) is 0 Å². The van der Waals surface area contributed by atoms with Crippen LogP contribution in [0.4, 0.5) is 0 Å². The molecule has 1 aromatic rings. The van der Waals surface area contributed by atoms with E-state index in [4.69, 9.17) is 5.11 Å². The van der Waals surface area contributed by atoms with Crippen LogP contribution in [0, 0.1) is 0 Å². The van der Waals surface area contributed by atoms with Crippen molar-refractivity contribution in [3.8, 4) is 0 Å². The lowest BCUT2D eigenvalue weighted by Gasteiger charge is -2.07. The Balaban J connectivity index is 2.39. The van der Waals surface area contributed by atoms with Crippen molar-refractivity contribution in [3.05, 3.63) is 21.6 Å². The monoisotopic (exact) mass is 224 g/mol. The molecular weight excluding hydrogens is 208 g/mol. The Kier molecular flexibility index (Phi) is 2.85. The van der Waals surface area contributed by atoms with E-state index in [0.717, 1.165) is 31.4 Å². The lowest BCUT2D eigenvalue weighted by molar-refractivity contribution is -0.136. The molecule has 5 heteroatoms. The molecule has 1 aromatic heterocycles. The molecule has 2 rings (SSSR count). The van der Waals surface area contributed by atoms with Crippen molar-refractivity contribution in [3.63, 3.8) is 0 Å². The normalized spacial score (nSPS) is 16.8. The van der Waals surface area contributed by atoms with Crippen molar-refractivity contribution in [2.24, 2.45) is 7.05 Å². The zero-order valence-electron chi connectivity index (χ0n) is 9.32. The van der Waals surface area contributed by atoms with Crippen LogP contribution in [-0.4, -0.2) is 20.9 Å². The van der Waals surface area contributed by atoms with Crippen LogP contribution in [0.1, 0.15) is 42.9 Å². The lowest BCUT2D eigenvalue weighted by Crippen LogP contribution is -2.18. The molecule has 1 aliphatic carbocycles. The number of aryl methyl sites for hydroxylation is 1. The number of carboxylic acid groups (broad SMARTS) is 1. The molecule has 0 aromatic carbocycles. The van der Waals surface area contributed by atoms with Crippen LogP contribution in [0.15, 0.2) is 4.79 Å². The largest absolute Gasteiger partial charge is 0.481 e. The molecule has 0 spiro atoms. The van der Waals surface area contributed by atoms with Crippen LogP contribution in [0.5, 0.6) is 0 Å². The Hall–Kier alpha value is -1.52. The minimum atomic E-state index is -0.948. The van der Waals surface area contributed by atoms with Gasteiger partial charge in [0.2, 0.25) is 0 Å². The molecular formula is C11H16N2O3. The van der Waals surface area contributed by atoms with Crippen molar-refractivity contribution in [2.45, 2.75) is 38.0 Å². The second-order valence-corrected chi connectivity index (χ2v) is 4.42. The molecule has 1 heterocycles. The highest BCUT2D eigenvalue weighted by Crippen LogP contribution is 2.34. The number of aromatic nitrogens is 2. The van der Waals surface area contributed by atoms with Crippen molar-refractivity contribution in [1.29, 1.82) is 0 Å². The van der Waals surface area contributed by atoms with Gasteiger partial charge in [0, 0.05) is 18.7 Å². The molecule has 0 unspecified atom stereocenters. The molecule has 0 radical (unpaired) electrons. The van der Waals surface area contributed by atoms with Gasteiger partial charge in [0.15, 0.2) is 0 Å². The molecule has 1 aliphatic rings. The van der Waals surface area contributed by atoms with E-state index in [-0.39, 0.29) is 12.0 Å². The van der Waals surface area contributed by atoms with Gasteiger partial charge < -0.3 is 5.11 Å².